The van der Waals surface area contributed by atoms with E-state index in [1.54, 1.807) is 0 Å². The van der Waals surface area contributed by atoms with Gasteiger partial charge in [0, 0.05) is 17.5 Å². The first-order chi connectivity index (χ1) is 10.7. The number of hydrogen-bond acceptors (Lipinski definition) is 0. The van der Waals surface area contributed by atoms with E-state index >= 15 is 0 Å². The van der Waals surface area contributed by atoms with Crippen molar-refractivity contribution in [1.82, 2.24) is 0 Å². The Morgan fingerprint density at radius 3 is 2.45 bits per heavy atom. The van der Waals surface area contributed by atoms with Crippen LogP contribution in [0.15, 0.2) is 42.6 Å². The molecule has 0 radical (unpaired) electrons. The molecule has 0 amide bonds. The summed E-state index contributed by atoms with van der Waals surface area (Å²) >= 11 is 0. The van der Waals surface area contributed by atoms with Gasteiger partial charge >= 0.3 is 0 Å². The summed E-state index contributed by atoms with van der Waals surface area (Å²) in [7, 11) is 2.20. The number of aryl methyl sites for hydroxylation is 1. The van der Waals surface area contributed by atoms with Gasteiger partial charge in [-0.3, -0.25) is 0 Å². The second kappa shape index (κ2) is 5.53. The lowest BCUT2D eigenvalue weighted by molar-refractivity contribution is -0.679. The van der Waals surface area contributed by atoms with Crippen LogP contribution in [0.3, 0.4) is 0 Å². The van der Waals surface area contributed by atoms with Crippen molar-refractivity contribution in [3.8, 4) is 11.1 Å². The third-order valence-corrected chi connectivity index (χ3v) is 5.71. The average Bonchev–Trinajstić information content (AvgIpc) is 3.04. The third-order valence-electron chi connectivity index (χ3n) is 5.71. The Balaban J connectivity index is 1.64. The SMILES string of the molecule is C[C@@H]1CC1c1ccc(-c2cccc(C3CCCC3)c2)c[n+]1C. The Labute approximate surface area is 134 Å². The molecule has 22 heavy (non-hydrogen) atoms. The molecule has 1 unspecified atom stereocenters. The maximum Gasteiger partial charge on any atom is 0.184 e. The number of pyridine rings is 1. The van der Waals surface area contributed by atoms with Gasteiger partial charge in [0.05, 0.1) is 0 Å². The van der Waals surface area contributed by atoms with Gasteiger partial charge in [-0.2, -0.15) is 0 Å². The van der Waals surface area contributed by atoms with E-state index in [9.17, 15) is 0 Å². The number of hydrogen-bond donors (Lipinski definition) is 0. The topological polar surface area (TPSA) is 3.88 Å². The van der Waals surface area contributed by atoms with Crippen LogP contribution in [0.1, 0.15) is 62.1 Å². The molecule has 114 valence electrons. The molecule has 2 aliphatic carbocycles. The standard InChI is InChI=1S/C21H26N/c1-15-12-20(15)21-11-10-19(14-22(21)2)18-9-5-8-17(13-18)16-6-3-4-7-16/h5,8-11,13-16,20H,3-4,6-7,12H2,1-2H3/q+1/t15-,20?/m1/s1. The molecule has 2 aliphatic rings. The van der Waals surface area contributed by atoms with Gasteiger partial charge < -0.3 is 0 Å². The Hall–Kier alpha value is -1.63. The number of nitrogens with zero attached hydrogens (tertiary/aromatic N) is 1. The van der Waals surface area contributed by atoms with Crippen molar-refractivity contribution < 1.29 is 4.57 Å². The van der Waals surface area contributed by atoms with Crippen molar-refractivity contribution in [2.45, 2.75) is 50.9 Å². The van der Waals surface area contributed by atoms with Crippen LogP contribution in [0, 0.1) is 5.92 Å². The molecule has 0 spiro atoms. The van der Waals surface area contributed by atoms with E-state index in [-0.39, 0.29) is 0 Å². The number of aromatic nitrogens is 1. The van der Waals surface area contributed by atoms with Crippen molar-refractivity contribution in [3.05, 3.63) is 53.9 Å². The highest BCUT2D eigenvalue weighted by atomic mass is 14.9. The molecule has 1 heteroatoms. The molecule has 1 aromatic heterocycles. The second-order valence-corrected chi connectivity index (χ2v) is 7.38. The minimum Gasteiger partial charge on any atom is -0.204 e. The van der Waals surface area contributed by atoms with Crippen molar-refractivity contribution in [2.24, 2.45) is 13.0 Å². The zero-order valence-electron chi connectivity index (χ0n) is 13.8. The van der Waals surface area contributed by atoms with E-state index in [1.165, 1.54) is 54.5 Å². The largest absolute Gasteiger partial charge is 0.204 e. The third kappa shape index (κ3) is 2.58. The van der Waals surface area contributed by atoms with Gasteiger partial charge in [0.2, 0.25) is 0 Å². The minimum atomic E-state index is 0.781. The molecule has 0 aliphatic heterocycles. The monoisotopic (exact) mass is 292 g/mol. The first-order valence-electron chi connectivity index (χ1n) is 8.82. The zero-order valence-corrected chi connectivity index (χ0v) is 13.8. The van der Waals surface area contributed by atoms with Gasteiger partial charge in [0.15, 0.2) is 11.9 Å². The summed E-state index contributed by atoms with van der Waals surface area (Å²) in [6.07, 6.45) is 9.21. The first-order valence-corrected chi connectivity index (χ1v) is 8.82. The van der Waals surface area contributed by atoms with Gasteiger partial charge in [-0.25, -0.2) is 4.57 Å². The molecule has 1 aromatic carbocycles. The van der Waals surface area contributed by atoms with Crippen LogP contribution in [0.5, 0.6) is 0 Å². The predicted octanol–water partition coefficient (Wildman–Crippen LogP) is 4.96. The molecule has 2 aromatic rings. The lowest BCUT2D eigenvalue weighted by atomic mass is 9.94. The predicted molar refractivity (Wildman–Crippen MR) is 90.8 cm³/mol. The van der Waals surface area contributed by atoms with Gasteiger partial charge in [-0.05, 0) is 48.3 Å². The van der Waals surface area contributed by atoms with Gasteiger partial charge in [-0.15, -0.1) is 0 Å². The van der Waals surface area contributed by atoms with E-state index in [1.807, 2.05) is 0 Å². The molecule has 2 fully saturated rings. The lowest BCUT2D eigenvalue weighted by Gasteiger charge is -2.11. The first kappa shape index (κ1) is 14.0. The highest BCUT2D eigenvalue weighted by Crippen LogP contribution is 2.45. The van der Waals surface area contributed by atoms with Crippen LogP contribution < -0.4 is 4.57 Å². The fourth-order valence-corrected chi connectivity index (χ4v) is 4.14. The van der Waals surface area contributed by atoms with Crippen LogP contribution >= 0.6 is 0 Å². The summed E-state index contributed by atoms with van der Waals surface area (Å²) < 4.78 is 2.34. The van der Waals surface area contributed by atoms with E-state index < -0.39 is 0 Å². The highest BCUT2D eigenvalue weighted by Gasteiger charge is 2.39. The van der Waals surface area contributed by atoms with E-state index in [0.29, 0.717) is 0 Å². The molecule has 2 atom stereocenters. The minimum absolute atomic E-state index is 0.781. The molecule has 0 bridgehead atoms. The fourth-order valence-electron chi connectivity index (χ4n) is 4.14. The average molecular weight is 292 g/mol. The van der Waals surface area contributed by atoms with Gasteiger partial charge in [0.25, 0.3) is 0 Å². The Morgan fingerprint density at radius 1 is 1.00 bits per heavy atom. The maximum absolute atomic E-state index is 2.42. The lowest BCUT2D eigenvalue weighted by Crippen LogP contribution is -2.33. The van der Waals surface area contributed by atoms with Crippen LogP contribution in [0.4, 0.5) is 0 Å². The van der Waals surface area contributed by atoms with Crippen molar-refractivity contribution >= 4 is 0 Å². The molecule has 2 saturated carbocycles. The van der Waals surface area contributed by atoms with Crippen LogP contribution in [-0.2, 0) is 7.05 Å². The fraction of sp³-hybridized carbons (Fsp3) is 0.476. The molecule has 0 N–H and O–H groups in total. The van der Waals surface area contributed by atoms with E-state index in [0.717, 1.165) is 17.8 Å². The van der Waals surface area contributed by atoms with Crippen molar-refractivity contribution in [3.63, 3.8) is 0 Å². The molecular weight excluding hydrogens is 266 g/mol. The number of benzene rings is 1. The van der Waals surface area contributed by atoms with Crippen molar-refractivity contribution in [2.75, 3.05) is 0 Å². The maximum atomic E-state index is 2.42. The van der Waals surface area contributed by atoms with Gasteiger partial charge in [-0.1, -0.05) is 44.0 Å². The van der Waals surface area contributed by atoms with Gasteiger partial charge in [0.1, 0.15) is 7.05 Å². The second-order valence-electron chi connectivity index (χ2n) is 7.38. The quantitative estimate of drug-likeness (QED) is 0.704. The van der Waals surface area contributed by atoms with Crippen LogP contribution in [0.25, 0.3) is 11.1 Å². The van der Waals surface area contributed by atoms with Crippen LogP contribution in [0.2, 0.25) is 0 Å². The Morgan fingerprint density at radius 2 is 1.77 bits per heavy atom. The summed E-state index contributed by atoms with van der Waals surface area (Å²) in [6, 6.07) is 13.9. The highest BCUT2D eigenvalue weighted by molar-refractivity contribution is 5.63. The summed E-state index contributed by atoms with van der Waals surface area (Å²) in [5.41, 5.74) is 5.75. The Bertz CT molecular complexity index is 682. The Kier molecular flexibility index (Phi) is 3.52. The zero-order chi connectivity index (χ0) is 15.1. The molecule has 1 nitrogen and oxygen atoms in total. The van der Waals surface area contributed by atoms with Crippen LogP contribution in [-0.4, -0.2) is 0 Å². The normalized spacial score (nSPS) is 24.6. The smallest absolute Gasteiger partial charge is 0.184 e. The number of rotatable bonds is 3. The van der Waals surface area contributed by atoms with E-state index in [2.05, 4.69) is 61.1 Å². The summed E-state index contributed by atoms with van der Waals surface area (Å²) in [5, 5.41) is 0. The molecule has 4 rings (SSSR count). The molecule has 1 heterocycles. The molecule has 0 saturated heterocycles. The molecular formula is C21H26N+. The van der Waals surface area contributed by atoms with E-state index in [4.69, 9.17) is 0 Å². The summed E-state index contributed by atoms with van der Waals surface area (Å²) in [4.78, 5) is 0. The van der Waals surface area contributed by atoms with Crippen molar-refractivity contribution in [1.29, 1.82) is 0 Å². The summed E-state index contributed by atoms with van der Waals surface area (Å²) in [6.45, 7) is 2.35. The summed E-state index contributed by atoms with van der Waals surface area (Å²) in [5.74, 6) is 2.44.